The summed E-state index contributed by atoms with van der Waals surface area (Å²) in [6.07, 6.45) is -0.889. The summed E-state index contributed by atoms with van der Waals surface area (Å²) in [6, 6.07) is 0. The highest BCUT2D eigenvalue weighted by Gasteiger charge is 2.48. The fraction of sp³-hybridized carbons (Fsp3) is 0.938. The Morgan fingerprint density at radius 2 is 1.70 bits per heavy atom. The molecule has 0 bridgehead atoms. The maximum atomic E-state index is 11.4. The van der Waals surface area contributed by atoms with Crippen molar-refractivity contribution in [1.82, 2.24) is 0 Å². The Morgan fingerprint density at radius 1 is 1.09 bits per heavy atom. The largest absolute Gasteiger partial charge is 0.454 e. The average molecular weight is 334 g/mol. The maximum absolute atomic E-state index is 11.4. The molecule has 0 aromatic heterocycles. The lowest BCUT2D eigenvalue weighted by Crippen LogP contribution is -2.61. The molecule has 5 unspecified atom stereocenters. The summed E-state index contributed by atoms with van der Waals surface area (Å²) in [5, 5.41) is 19.7. The fourth-order valence-corrected chi connectivity index (χ4v) is 2.39. The van der Waals surface area contributed by atoms with Crippen molar-refractivity contribution in [2.75, 3.05) is 19.8 Å². The van der Waals surface area contributed by atoms with Crippen LogP contribution in [0.4, 0.5) is 0 Å². The predicted molar refractivity (Wildman–Crippen MR) is 82.8 cm³/mol. The number of aliphatic hydroxyl groups excluding tert-OH is 2. The Kier molecular flexibility index (Phi) is 9.66. The van der Waals surface area contributed by atoms with Gasteiger partial charge in [-0.3, -0.25) is 4.79 Å². The minimum Gasteiger partial charge on any atom is -0.454 e. The molecular weight excluding hydrogens is 304 g/mol. The molecule has 0 aromatic rings. The molecule has 23 heavy (non-hydrogen) atoms. The zero-order valence-electron chi connectivity index (χ0n) is 14.3. The Bertz CT molecular complexity index is 336. The van der Waals surface area contributed by atoms with Gasteiger partial charge in [0.1, 0.15) is 18.3 Å². The van der Waals surface area contributed by atoms with Gasteiger partial charge in [0.25, 0.3) is 0 Å². The molecule has 1 aliphatic heterocycles. The number of carbonyl (C=O) groups excluding carboxylic acids is 1. The van der Waals surface area contributed by atoms with E-state index in [0.717, 1.165) is 25.7 Å². The van der Waals surface area contributed by atoms with E-state index in [1.165, 1.54) is 6.92 Å². The van der Waals surface area contributed by atoms with Gasteiger partial charge in [0.2, 0.25) is 0 Å². The van der Waals surface area contributed by atoms with E-state index in [2.05, 4.69) is 0 Å². The second-order valence-electron chi connectivity index (χ2n) is 5.70. The molecule has 0 aliphatic carbocycles. The number of unbranched alkanes of at least 4 members (excludes halogenated alkanes) is 2. The van der Waals surface area contributed by atoms with Crippen LogP contribution in [0.2, 0.25) is 0 Å². The quantitative estimate of drug-likeness (QED) is 0.454. The Balaban J connectivity index is 2.84. The second kappa shape index (κ2) is 10.9. The van der Waals surface area contributed by atoms with Gasteiger partial charge in [-0.15, -0.1) is 0 Å². The van der Waals surface area contributed by atoms with Gasteiger partial charge in [-0.1, -0.05) is 26.7 Å². The van der Waals surface area contributed by atoms with E-state index in [0.29, 0.717) is 13.2 Å². The summed E-state index contributed by atoms with van der Waals surface area (Å²) >= 11 is 0. The number of ether oxygens (including phenoxy) is 4. The van der Waals surface area contributed by atoms with Crippen molar-refractivity contribution >= 4 is 5.97 Å². The summed E-state index contributed by atoms with van der Waals surface area (Å²) in [5.41, 5.74) is 0. The lowest BCUT2D eigenvalue weighted by molar-refractivity contribution is -0.310. The van der Waals surface area contributed by atoms with Gasteiger partial charge in [-0.25, -0.2) is 0 Å². The third-order valence-electron chi connectivity index (χ3n) is 3.69. The van der Waals surface area contributed by atoms with Gasteiger partial charge in [0.15, 0.2) is 12.4 Å². The molecule has 2 N–H and O–H groups in total. The highest BCUT2D eigenvalue weighted by molar-refractivity contribution is 5.66. The van der Waals surface area contributed by atoms with E-state index in [9.17, 15) is 15.0 Å². The molecule has 0 saturated carbocycles. The molecule has 136 valence electrons. The van der Waals surface area contributed by atoms with Crippen LogP contribution in [0.1, 0.15) is 46.5 Å². The molecule has 5 atom stereocenters. The lowest BCUT2D eigenvalue weighted by atomic mass is 9.98. The van der Waals surface area contributed by atoms with Crippen LogP contribution in [-0.4, -0.2) is 66.7 Å². The van der Waals surface area contributed by atoms with Crippen LogP contribution in [0.3, 0.4) is 0 Å². The van der Waals surface area contributed by atoms with E-state index in [-0.39, 0.29) is 6.61 Å². The minimum atomic E-state index is -1.09. The van der Waals surface area contributed by atoms with Gasteiger partial charge >= 0.3 is 5.97 Å². The van der Waals surface area contributed by atoms with Gasteiger partial charge < -0.3 is 29.2 Å². The van der Waals surface area contributed by atoms with E-state index < -0.39 is 36.7 Å². The molecule has 1 heterocycles. The highest BCUT2D eigenvalue weighted by atomic mass is 16.7. The highest BCUT2D eigenvalue weighted by Crippen LogP contribution is 2.27. The Morgan fingerprint density at radius 3 is 2.22 bits per heavy atom. The first-order valence-corrected chi connectivity index (χ1v) is 8.39. The van der Waals surface area contributed by atoms with Crippen LogP contribution in [0.5, 0.6) is 0 Å². The number of carbonyl (C=O) groups is 1. The van der Waals surface area contributed by atoms with Crippen LogP contribution in [0, 0.1) is 0 Å². The molecule has 7 heteroatoms. The van der Waals surface area contributed by atoms with Gasteiger partial charge in [-0.2, -0.15) is 0 Å². The van der Waals surface area contributed by atoms with Crippen LogP contribution >= 0.6 is 0 Å². The summed E-state index contributed by atoms with van der Waals surface area (Å²) in [6.45, 7) is 5.85. The van der Waals surface area contributed by atoms with E-state index in [4.69, 9.17) is 18.9 Å². The molecule has 0 spiro atoms. The summed E-state index contributed by atoms with van der Waals surface area (Å²) in [5.74, 6) is -0.499. The van der Waals surface area contributed by atoms with Crippen molar-refractivity contribution in [2.24, 2.45) is 0 Å². The third-order valence-corrected chi connectivity index (χ3v) is 3.69. The molecule has 7 nitrogen and oxygen atoms in total. The standard InChI is InChI=1S/C16H30O7/c1-4-6-8-20-14-13(19)12(10-17)23-16(21-9-7-5-2)15(14)22-11(3)18/h12-17,19H,4-10H2,1-3H3. The maximum Gasteiger partial charge on any atom is 0.303 e. The number of esters is 1. The Hall–Kier alpha value is -0.730. The smallest absolute Gasteiger partial charge is 0.303 e. The summed E-state index contributed by atoms with van der Waals surface area (Å²) < 4.78 is 22.2. The Labute approximate surface area is 137 Å². The zero-order chi connectivity index (χ0) is 17.2. The van der Waals surface area contributed by atoms with E-state index in [1.807, 2.05) is 13.8 Å². The van der Waals surface area contributed by atoms with Crippen molar-refractivity contribution in [1.29, 1.82) is 0 Å². The molecule has 1 rings (SSSR count). The monoisotopic (exact) mass is 334 g/mol. The van der Waals surface area contributed by atoms with Crippen LogP contribution < -0.4 is 0 Å². The van der Waals surface area contributed by atoms with E-state index in [1.54, 1.807) is 0 Å². The molecule has 0 amide bonds. The molecular formula is C16H30O7. The minimum absolute atomic E-state index is 0.366. The number of aliphatic hydroxyl groups is 2. The number of hydrogen-bond donors (Lipinski definition) is 2. The second-order valence-corrected chi connectivity index (χ2v) is 5.70. The summed E-state index contributed by atoms with van der Waals surface area (Å²) in [7, 11) is 0. The van der Waals surface area contributed by atoms with Crippen molar-refractivity contribution in [3.8, 4) is 0 Å². The van der Waals surface area contributed by atoms with Gasteiger partial charge in [0, 0.05) is 20.1 Å². The van der Waals surface area contributed by atoms with Crippen LogP contribution in [0.15, 0.2) is 0 Å². The van der Waals surface area contributed by atoms with Crippen molar-refractivity contribution in [2.45, 2.75) is 77.2 Å². The first kappa shape index (κ1) is 20.3. The normalized spacial score (nSPS) is 31.1. The third kappa shape index (κ3) is 6.35. The van der Waals surface area contributed by atoms with Gasteiger partial charge in [-0.05, 0) is 12.8 Å². The zero-order valence-corrected chi connectivity index (χ0v) is 14.3. The number of rotatable bonds is 10. The average Bonchev–Trinajstić information content (AvgIpc) is 2.52. The number of hydrogen-bond acceptors (Lipinski definition) is 7. The van der Waals surface area contributed by atoms with Gasteiger partial charge in [0.05, 0.1) is 6.61 Å². The van der Waals surface area contributed by atoms with Crippen molar-refractivity contribution in [3.63, 3.8) is 0 Å². The first-order valence-electron chi connectivity index (χ1n) is 8.39. The van der Waals surface area contributed by atoms with Crippen LogP contribution in [-0.2, 0) is 23.7 Å². The molecule has 1 aliphatic rings. The van der Waals surface area contributed by atoms with Crippen molar-refractivity contribution < 1.29 is 34.0 Å². The van der Waals surface area contributed by atoms with E-state index >= 15 is 0 Å². The predicted octanol–water partition coefficient (Wildman–Crippen LogP) is 0.998. The molecule has 0 aromatic carbocycles. The first-order chi connectivity index (χ1) is 11.0. The molecule has 0 radical (unpaired) electrons. The fourth-order valence-electron chi connectivity index (χ4n) is 2.39. The summed E-state index contributed by atoms with van der Waals surface area (Å²) in [4.78, 5) is 11.4. The topological polar surface area (TPSA) is 94.5 Å². The van der Waals surface area contributed by atoms with Crippen LogP contribution in [0.25, 0.3) is 0 Å². The molecule has 1 fully saturated rings. The molecule has 1 saturated heterocycles. The van der Waals surface area contributed by atoms with Crippen molar-refractivity contribution in [3.05, 3.63) is 0 Å². The SMILES string of the molecule is CCCCOC1OC(CO)C(O)C(OCCCC)C1OC(C)=O. The lowest BCUT2D eigenvalue weighted by Gasteiger charge is -2.43.